The van der Waals surface area contributed by atoms with Crippen molar-refractivity contribution < 1.29 is 9.90 Å². The zero-order valence-electron chi connectivity index (χ0n) is 7.16. The van der Waals surface area contributed by atoms with Crippen molar-refractivity contribution in [3.8, 4) is 5.75 Å². The smallest absolute Gasteiger partial charge is 0.137 e. The van der Waals surface area contributed by atoms with E-state index in [2.05, 4.69) is 0 Å². The summed E-state index contributed by atoms with van der Waals surface area (Å²) in [5, 5.41) is 9.22. The van der Waals surface area contributed by atoms with Gasteiger partial charge in [0, 0.05) is 12.8 Å². The number of nitrogens with two attached hydrogens (primary N) is 1. The third kappa shape index (κ3) is 1.31. The molecule has 0 atom stereocenters. The summed E-state index contributed by atoms with van der Waals surface area (Å²) in [6.07, 6.45) is 0.771. The van der Waals surface area contributed by atoms with Crippen LogP contribution in [-0.2, 0) is 10.3 Å². The molecule has 0 saturated heterocycles. The molecule has 1 saturated carbocycles. The van der Waals surface area contributed by atoms with Crippen LogP contribution < -0.4 is 5.73 Å². The molecule has 0 spiro atoms. The first-order valence-electron chi connectivity index (χ1n) is 4.20. The molecule has 1 aromatic rings. The molecule has 0 bridgehead atoms. The quantitative estimate of drug-likeness (QED) is 0.670. The van der Waals surface area contributed by atoms with E-state index in [4.69, 9.17) is 5.73 Å². The zero-order chi connectivity index (χ0) is 9.47. The summed E-state index contributed by atoms with van der Waals surface area (Å²) >= 11 is 0. The Bertz CT molecular complexity index is 352. The second-order valence-electron chi connectivity index (χ2n) is 3.60. The first-order valence-corrected chi connectivity index (χ1v) is 4.20. The van der Waals surface area contributed by atoms with Gasteiger partial charge in [0.2, 0.25) is 0 Å². The Morgan fingerprint density at radius 3 is 2.62 bits per heavy atom. The molecule has 0 aromatic heterocycles. The minimum atomic E-state index is -0.532. The third-order valence-electron chi connectivity index (χ3n) is 2.45. The lowest BCUT2D eigenvalue weighted by Crippen LogP contribution is -2.49. The third-order valence-corrected chi connectivity index (χ3v) is 2.45. The SMILES string of the molecule is NC1(c2cccc(O)c2)CC(=O)C1. The fourth-order valence-corrected chi connectivity index (χ4v) is 1.67. The topological polar surface area (TPSA) is 63.3 Å². The van der Waals surface area contributed by atoms with Crippen molar-refractivity contribution >= 4 is 5.78 Å². The van der Waals surface area contributed by atoms with E-state index in [1.165, 1.54) is 0 Å². The number of ketones is 1. The van der Waals surface area contributed by atoms with Gasteiger partial charge in [0.05, 0.1) is 5.54 Å². The maximum Gasteiger partial charge on any atom is 0.137 e. The Morgan fingerprint density at radius 2 is 2.08 bits per heavy atom. The lowest BCUT2D eigenvalue weighted by molar-refractivity contribution is -0.128. The minimum Gasteiger partial charge on any atom is -0.508 e. The maximum atomic E-state index is 10.8. The number of carbonyl (C=O) groups is 1. The molecule has 0 radical (unpaired) electrons. The van der Waals surface area contributed by atoms with Crippen molar-refractivity contribution in [3.05, 3.63) is 29.8 Å². The molecule has 1 aromatic carbocycles. The highest BCUT2D eigenvalue weighted by Gasteiger charge is 2.41. The number of rotatable bonds is 1. The molecule has 13 heavy (non-hydrogen) atoms. The van der Waals surface area contributed by atoms with E-state index < -0.39 is 5.54 Å². The van der Waals surface area contributed by atoms with Crippen LogP contribution in [0.25, 0.3) is 0 Å². The molecule has 0 amide bonds. The van der Waals surface area contributed by atoms with Gasteiger partial charge in [-0.3, -0.25) is 4.79 Å². The molecule has 3 N–H and O–H groups in total. The molecule has 1 aliphatic rings. The predicted octanol–water partition coefficient (Wildman–Crippen LogP) is 0.909. The second kappa shape index (κ2) is 2.57. The van der Waals surface area contributed by atoms with E-state index in [1.807, 2.05) is 6.07 Å². The molecule has 68 valence electrons. The van der Waals surface area contributed by atoms with Gasteiger partial charge in [0.15, 0.2) is 0 Å². The molecular weight excluding hydrogens is 166 g/mol. The number of phenols is 1. The van der Waals surface area contributed by atoms with Crippen molar-refractivity contribution in [2.75, 3.05) is 0 Å². The fourth-order valence-electron chi connectivity index (χ4n) is 1.67. The van der Waals surface area contributed by atoms with Crippen LogP contribution in [0.4, 0.5) is 0 Å². The summed E-state index contributed by atoms with van der Waals surface area (Å²) in [6, 6.07) is 6.79. The van der Waals surface area contributed by atoms with Crippen LogP contribution in [0.1, 0.15) is 18.4 Å². The van der Waals surface area contributed by atoms with E-state index in [0.29, 0.717) is 12.8 Å². The highest BCUT2D eigenvalue weighted by Crippen LogP contribution is 2.36. The number of Topliss-reactive ketones (excluding diaryl/α,β-unsaturated/α-hetero) is 1. The highest BCUT2D eigenvalue weighted by atomic mass is 16.3. The Balaban J connectivity index is 2.31. The summed E-state index contributed by atoms with van der Waals surface area (Å²) in [5.41, 5.74) is 6.26. The van der Waals surface area contributed by atoms with Crippen LogP contribution in [0.5, 0.6) is 5.75 Å². The molecule has 1 fully saturated rings. The molecule has 2 rings (SSSR count). The Hall–Kier alpha value is -1.35. The number of hydrogen-bond donors (Lipinski definition) is 2. The first kappa shape index (κ1) is 8.26. The number of hydrogen-bond acceptors (Lipinski definition) is 3. The van der Waals surface area contributed by atoms with Crippen LogP contribution in [-0.4, -0.2) is 10.9 Å². The van der Waals surface area contributed by atoms with Crippen LogP contribution in [0, 0.1) is 0 Å². The van der Waals surface area contributed by atoms with Gasteiger partial charge in [-0.15, -0.1) is 0 Å². The van der Waals surface area contributed by atoms with Gasteiger partial charge in [0.25, 0.3) is 0 Å². The number of carbonyl (C=O) groups excluding carboxylic acids is 1. The van der Waals surface area contributed by atoms with Crippen molar-refractivity contribution in [3.63, 3.8) is 0 Å². The summed E-state index contributed by atoms with van der Waals surface area (Å²) in [4.78, 5) is 10.8. The summed E-state index contributed by atoms with van der Waals surface area (Å²) in [6.45, 7) is 0. The van der Waals surface area contributed by atoms with Crippen LogP contribution >= 0.6 is 0 Å². The van der Waals surface area contributed by atoms with E-state index in [-0.39, 0.29) is 11.5 Å². The van der Waals surface area contributed by atoms with Gasteiger partial charge in [-0.2, -0.15) is 0 Å². The summed E-state index contributed by atoms with van der Waals surface area (Å²) < 4.78 is 0. The molecule has 3 nitrogen and oxygen atoms in total. The van der Waals surface area contributed by atoms with Crippen molar-refractivity contribution in [2.24, 2.45) is 5.73 Å². The molecule has 0 heterocycles. The molecular formula is C10H11NO2. The van der Waals surface area contributed by atoms with E-state index >= 15 is 0 Å². The standard InChI is InChI=1S/C10H11NO2/c11-10(5-9(13)6-10)7-2-1-3-8(12)4-7/h1-4,12H,5-6,11H2. The lowest BCUT2D eigenvalue weighted by Gasteiger charge is -2.37. The molecule has 0 unspecified atom stereocenters. The van der Waals surface area contributed by atoms with Crippen molar-refractivity contribution in [1.82, 2.24) is 0 Å². The van der Waals surface area contributed by atoms with Gasteiger partial charge in [-0.05, 0) is 17.7 Å². The van der Waals surface area contributed by atoms with Gasteiger partial charge in [-0.25, -0.2) is 0 Å². The van der Waals surface area contributed by atoms with Gasteiger partial charge in [-0.1, -0.05) is 12.1 Å². The fraction of sp³-hybridized carbons (Fsp3) is 0.300. The van der Waals surface area contributed by atoms with Gasteiger partial charge in [0.1, 0.15) is 11.5 Å². The average molecular weight is 177 g/mol. The van der Waals surface area contributed by atoms with Crippen LogP contribution in [0.3, 0.4) is 0 Å². The summed E-state index contributed by atoms with van der Waals surface area (Å²) in [5.74, 6) is 0.382. The highest BCUT2D eigenvalue weighted by molar-refractivity contribution is 5.88. The largest absolute Gasteiger partial charge is 0.508 e. The van der Waals surface area contributed by atoms with Crippen LogP contribution in [0.2, 0.25) is 0 Å². The monoisotopic (exact) mass is 177 g/mol. The van der Waals surface area contributed by atoms with Crippen molar-refractivity contribution in [2.45, 2.75) is 18.4 Å². The minimum absolute atomic E-state index is 0.186. The Labute approximate surface area is 76.2 Å². The van der Waals surface area contributed by atoms with E-state index in [9.17, 15) is 9.90 Å². The molecule has 3 heteroatoms. The average Bonchev–Trinajstić information content (AvgIpc) is 2.02. The predicted molar refractivity (Wildman–Crippen MR) is 48.2 cm³/mol. The molecule has 1 aliphatic carbocycles. The Kier molecular flexibility index (Phi) is 1.63. The normalized spacial score (nSPS) is 19.6. The maximum absolute atomic E-state index is 10.8. The number of benzene rings is 1. The van der Waals surface area contributed by atoms with Gasteiger partial charge < -0.3 is 10.8 Å². The molecule has 0 aliphatic heterocycles. The summed E-state index contributed by atoms with van der Waals surface area (Å²) in [7, 11) is 0. The van der Waals surface area contributed by atoms with E-state index in [1.54, 1.807) is 18.2 Å². The van der Waals surface area contributed by atoms with Gasteiger partial charge >= 0.3 is 0 Å². The zero-order valence-corrected chi connectivity index (χ0v) is 7.16. The van der Waals surface area contributed by atoms with E-state index in [0.717, 1.165) is 5.56 Å². The number of aromatic hydroxyl groups is 1. The number of phenolic OH excluding ortho intramolecular Hbond substituents is 1. The lowest BCUT2D eigenvalue weighted by atomic mass is 9.72. The Morgan fingerprint density at radius 1 is 1.38 bits per heavy atom. The van der Waals surface area contributed by atoms with Crippen LogP contribution in [0.15, 0.2) is 24.3 Å². The first-order chi connectivity index (χ1) is 6.10. The second-order valence-corrected chi connectivity index (χ2v) is 3.60. The van der Waals surface area contributed by atoms with Crippen molar-refractivity contribution in [1.29, 1.82) is 0 Å².